The summed E-state index contributed by atoms with van der Waals surface area (Å²) >= 11 is 0. The van der Waals surface area contributed by atoms with Gasteiger partial charge in [0.1, 0.15) is 17.4 Å². The molecule has 4 heteroatoms. The van der Waals surface area contributed by atoms with Crippen LogP contribution in [0.1, 0.15) is 31.2 Å². The fraction of sp³-hybridized carbons (Fsp3) is 0.467. The summed E-state index contributed by atoms with van der Waals surface area (Å²) in [7, 11) is 0. The van der Waals surface area contributed by atoms with Crippen LogP contribution in [0.3, 0.4) is 0 Å². The second-order valence-corrected chi connectivity index (χ2v) is 5.54. The fourth-order valence-electron chi connectivity index (χ4n) is 3.53. The summed E-state index contributed by atoms with van der Waals surface area (Å²) in [6.07, 6.45) is 4.44. The molecule has 0 aromatic heterocycles. The van der Waals surface area contributed by atoms with Gasteiger partial charge in [-0.2, -0.15) is 5.26 Å². The maximum atomic E-state index is 13.5. The summed E-state index contributed by atoms with van der Waals surface area (Å²) < 4.78 is 13.5. The van der Waals surface area contributed by atoms with Crippen molar-refractivity contribution in [2.24, 2.45) is 17.8 Å². The Morgan fingerprint density at radius 1 is 1.37 bits per heavy atom. The van der Waals surface area contributed by atoms with Crippen molar-refractivity contribution in [2.75, 3.05) is 5.32 Å². The minimum Gasteiger partial charge on any atom is -0.325 e. The first-order valence-electron chi connectivity index (χ1n) is 6.68. The lowest BCUT2D eigenvalue weighted by Crippen LogP contribution is -2.27. The van der Waals surface area contributed by atoms with E-state index < -0.39 is 5.82 Å². The van der Waals surface area contributed by atoms with Crippen LogP contribution < -0.4 is 5.32 Å². The molecule has 2 aliphatic rings. The van der Waals surface area contributed by atoms with Gasteiger partial charge in [0.15, 0.2) is 0 Å². The van der Waals surface area contributed by atoms with Gasteiger partial charge in [-0.1, -0.05) is 12.5 Å². The van der Waals surface area contributed by atoms with Gasteiger partial charge >= 0.3 is 0 Å². The fourth-order valence-corrected chi connectivity index (χ4v) is 3.53. The molecule has 2 saturated carbocycles. The number of halogens is 1. The Bertz CT molecular complexity index is 564. The molecule has 1 N–H and O–H groups in total. The number of carbonyl (C=O) groups is 1. The van der Waals surface area contributed by atoms with Crippen molar-refractivity contribution < 1.29 is 9.18 Å². The van der Waals surface area contributed by atoms with Gasteiger partial charge in [0, 0.05) is 5.92 Å². The number of rotatable bonds is 2. The van der Waals surface area contributed by atoms with Gasteiger partial charge in [0.05, 0.1) is 5.69 Å². The summed E-state index contributed by atoms with van der Waals surface area (Å²) in [5.41, 5.74) is 0.203. The summed E-state index contributed by atoms with van der Waals surface area (Å²) in [5.74, 6) is 0.545. The van der Waals surface area contributed by atoms with Crippen LogP contribution in [0.4, 0.5) is 10.1 Å². The van der Waals surface area contributed by atoms with Crippen molar-refractivity contribution in [1.82, 2.24) is 0 Å². The van der Waals surface area contributed by atoms with Gasteiger partial charge in [0.25, 0.3) is 0 Å². The van der Waals surface area contributed by atoms with Crippen molar-refractivity contribution in [3.63, 3.8) is 0 Å². The van der Waals surface area contributed by atoms with E-state index in [2.05, 4.69) is 5.32 Å². The van der Waals surface area contributed by atoms with Crippen LogP contribution in [0.25, 0.3) is 0 Å². The molecule has 0 heterocycles. The van der Waals surface area contributed by atoms with Crippen LogP contribution >= 0.6 is 0 Å². The van der Waals surface area contributed by atoms with Crippen molar-refractivity contribution in [3.05, 3.63) is 29.6 Å². The lowest BCUT2D eigenvalue weighted by Gasteiger charge is -2.21. The molecule has 2 fully saturated rings. The van der Waals surface area contributed by atoms with Crippen LogP contribution in [0.15, 0.2) is 18.2 Å². The molecule has 1 amide bonds. The monoisotopic (exact) mass is 258 g/mol. The number of fused-ring (bicyclic) bond motifs is 2. The summed E-state index contributed by atoms with van der Waals surface area (Å²) in [5, 5.41) is 11.7. The van der Waals surface area contributed by atoms with Crippen molar-refractivity contribution >= 4 is 11.6 Å². The number of benzene rings is 1. The number of hydrogen-bond donors (Lipinski definition) is 1. The molecule has 3 atom stereocenters. The van der Waals surface area contributed by atoms with Gasteiger partial charge in [-0.15, -0.1) is 0 Å². The molecular weight excluding hydrogens is 243 g/mol. The zero-order valence-electron chi connectivity index (χ0n) is 10.5. The lowest BCUT2D eigenvalue weighted by atomic mass is 9.88. The number of hydrogen-bond acceptors (Lipinski definition) is 2. The van der Waals surface area contributed by atoms with E-state index in [1.54, 1.807) is 12.1 Å². The maximum absolute atomic E-state index is 13.5. The largest absolute Gasteiger partial charge is 0.325 e. The Hall–Kier alpha value is -1.89. The van der Waals surface area contributed by atoms with Crippen LogP contribution in [0.5, 0.6) is 0 Å². The Morgan fingerprint density at radius 2 is 2.21 bits per heavy atom. The predicted molar refractivity (Wildman–Crippen MR) is 68.7 cm³/mol. The predicted octanol–water partition coefficient (Wildman–Crippen LogP) is 3.07. The molecule has 0 radical (unpaired) electrons. The third-order valence-corrected chi connectivity index (χ3v) is 4.46. The first-order valence-corrected chi connectivity index (χ1v) is 6.68. The number of carbonyl (C=O) groups excluding carboxylic acids is 1. The van der Waals surface area contributed by atoms with Crippen LogP contribution in [-0.4, -0.2) is 5.91 Å². The van der Waals surface area contributed by atoms with Crippen molar-refractivity contribution in [1.29, 1.82) is 5.26 Å². The van der Waals surface area contributed by atoms with Gasteiger partial charge < -0.3 is 5.32 Å². The second-order valence-electron chi connectivity index (χ2n) is 5.54. The second kappa shape index (κ2) is 4.65. The normalized spacial score (nSPS) is 28.1. The molecule has 1 aromatic carbocycles. The maximum Gasteiger partial charge on any atom is 0.227 e. The smallest absolute Gasteiger partial charge is 0.227 e. The highest BCUT2D eigenvalue weighted by molar-refractivity contribution is 5.94. The number of anilines is 1. The molecule has 0 saturated heterocycles. The zero-order valence-corrected chi connectivity index (χ0v) is 10.5. The molecule has 2 aliphatic carbocycles. The molecule has 0 aliphatic heterocycles. The Kier molecular flexibility index (Phi) is 2.98. The molecular formula is C15H15FN2O. The van der Waals surface area contributed by atoms with E-state index in [1.807, 2.05) is 0 Å². The van der Waals surface area contributed by atoms with Crippen molar-refractivity contribution in [2.45, 2.75) is 25.7 Å². The lowest BCUT2D eigenvalue weighted by molar-refractivity contribution is -0.121. The van der Waals surface area contributed by atoms with Gasteiger partial charge in [-0.05, 0) is 43.2 Å². The minimum absolute atomic E-state index is 0.0357. The van der Waals surface area contributed by atoms with Crippen LogP contribution in [0.2, 0.25) is 0 Å². The number of amides is 1. The highest BCUT2D eigenvalue weighted by Crippen LogP contribution is 2.48. The van der Waals surface area contributed by atoms with Gasteiger partial charge in [-0.3, -0.25) is 4.79 Å². The Balaban J connectivity index is 1.77. The summed E-state index contributed by atoms with van der Waals surface area (Å²) in [6, 6.07) is 6.11. The molecule has 3 rings (SSSR count). The van der Waals surface area contributed by atoms with E-state index in [1.165, 1.54) is 18.6 Å². The number of nitrogens with zero attached hydrogens (tertiary/aromatic N) is 1. The third kappa shape index (κ3) is 2.10. The van der Waals surface area contributed by atoms with E-state index in [4.69, 9.17) is 5.26 Å². The van der Waals surface area contributed by atoms with E-state index in [0.717, 1.165) is 19.3 Å². The van der Waals surface area contributed by atoms with Crippen molar-refractivity contribution in [3.8, 4) is 6.07 Å². The Labute approximate surface area is 111 Å². The molecule has 98 valence electrons. The van der Waals surface area contributed by atoms with E-state index in [9.17, 15) is 9.18 Å². The average molecular weight is 258 g/mol. The first-order chi connectivity index (χ1) is 9.19. The van der Waals surface area contributed by atoms with Crippen LogP contribution in [-0.2, 0) is 4.79 Å². The molecule has 3 unspecified atom stereocenters. The number of nitrogens with one attached hydrogen (secondary N) is 1. The third-order valence-electron chi connectivity index (χ3n) is 4.46. The molecule has 2 bridgehead atoms. The summed E-state index contributed by atoms with van der Waals surface area (Å²) in [6.45, 7) is 0. The highest BCUT2D eigenvalue weighted by atomic mass is 19.1. The summed E-state index contributed by atoms with van der Waals surface area (Å²) in [4.78, 5) is 12.2. The topological polar surface area (TPSA) is 52.9 Å². The van der Waals surface area contributed by atoms with E-state index >= 15 is 0 Å². The van der Waals surface area contributed by atoms with E-state index in [0.29, 0.717) is 11.8 Å². The zero-order chi connectivity index (χ0) is 13.4. The molecule has 0 spiro atoms. The SMILES string of the molecule is N#Cc1c(F)cccc1NC(=O)C1CC2CCC1C2. The van der Waals surface area contributed by atoms with Gasteiger partial charge in [0.2, 0.25) is 5.91 Å². The Morgan fingerprint density at radius 3 is 2.84 bits per heavy atom. The average Bonchev–Trinajstić information content (AvgIpc) is 3.01. The minimum atomic E-state index is -0.590. The first kappa shape index (κ1) is 12.2. The molecule has 1 aromatic rings. The van der Waals surface area contributed by atoms with Crippen LogP contribution in [0, 0.1) is 34.9 Å². The van der Waals surface area contributed by atoms with Gasteiger partial charge in [-0.25, -0.2) is 4.39 Å². The van der Waals surface area contributed by atoms with E-state index in [-0.39, 0.29) is 23.1 Å². The number of nitriles is 1. The molecule has 3 nitrogen and oxygen atoms in total. The standard InChI is InChI=1S/C15H15FN2O/c16-13-2-1-3-14(12(13)8-17)18-15(19)11-7-9-4-5-10(11)6-9/h1-3,9-11H,4-7H2,(H,18,19). The quantitative estimate of drug-likeness (QED) is 0.886. The highest BCUT2D eigenvalue weighted by Gasteiger charge is 2.43. The molecule has 19 heavy (non-hydrogen) atoms.